The van der Waals surface area contributed by atoms with E-state index >= 15 is 0 Å². The molecule has 0 saturated carbocycles. The minimum absolute atomic E-state index is 0.932. The van der Waals surface area contributed by atoms with Crippen LogP contribution in [0.5, 0.6) is 0 Å². The molecule has 1 aliphatic rings. The Hall–Kier alpha value is -4.36. The number of rotatable bonds is 5. The summed E-state index contributed by atoms with van der Waals surface area (Å²) in [5.41, 5.74) is 9.20. The topological polar surface area (TPSA) is 62.5 Å². The number of nitrogens with zero attached hydrogens (tertiary/aromatic N) is 7. The molecule has 0 bridgehead atoms. The number of aromatic nitrogens is 5. The summed E-state index contributed by atoms with van der Waals surface area (Å²) < 4.78 is 1.89. The molecule has 6 heterocycles. The first-order valence-corrected chi connectivity index (χ1v) is 12.5. The van der Waals surface area contributed by atoms with Crippen LogP contribution in [0.3, 0.4) is 0 Å². The number of hydrogen-bond acceptors (Lipinski definition) is 6. The molecule has 0 N–H and O–H groups in total. The second kappa shape index (κ2) is 9.59. The van der Waals surface area contributed by atoms with Crippen molar-refractivity contribution < 1.29 is 0 Å². The molecular formula is C30H29N7. The van der Waals surface area contributed by atoms with Crippen LogP contribution in [0.25, 0.3) is 33.3 Å². The molecule has 0 aliphatic carbocycles. The van der Waals surface area contributed by atoms with Crippen molar-refractivity contribution in [2.45, 2.75) is 6.92 Å². The third kappa shape index (κ3) is 4.49. The Bertz CT molecular complexity index is 1580. The van der Waals surface area contributed by atoms with E-state index in [1.165, 1.54) is 0 Å². The van der Waals surface area contributed by atoms with Crippen LogP contribution < -0.4 is 4.90 Å². The number of pyridine rings is 4. The van der Waals surface area contributed by atoms with Gasteiger partial charge in [-0.3, -0.25) is 9.97 Å². The summed E-state index contributed by atoms with van der Waals surface area (Å²) in [5, 5.41) is 4.52. The van der Waals surface area contributed by atoms with Gasteiger partial charge in [0.15, 0.2) is 0 Å². The van der Waals surface area contributed by atoms with Crippen molar-refractivity contribution in [3.63, 3.8) is 0 Å². The first-order valence-electron chi connectivity index (χ1n) is 12.5. The molecule has 0 unspecified atom stereocenters. The molecule has 184 valence electrons. The third-order valence-electron chi connectivity index (χ3n) is 7.16. The normalized spacial score (nSPS) is 14.3. The highest BCUT2D eigenvalue weighted by Gasteiger charge is 2.17. The zero-order chi connectivity index (χ0) is 25.4. The van der Waals surface area contributed by atoms with Crippen LogP contribution in [0.4, 0.5) is 5.82 Å². The molecular weight excluding hydrogens is 458 g/mol. The van der Waals surface area contributed by atoms with Gasteiger partial charge >= 0.3 is 0 Å². The first-order chi connectivity index (χ1) is 18.1. The molecule has 0 aromatic carbocycles. The predicted octanol–water partition coefficient (Wildman–Crippen LogP) is 4.98. The summed E-state index contributed by atoms with van der Waals surface area (Å²) >= 11 is 0. The van der Waals surface area contributed by atoms with Gasteiger partial charge in [0, 0.05) is 85.1 Å². The van der Waals surface area contributed by atoms with Gasteiger partial charge in [0.05, 0.1) is 11.7 Å². The second-order valence-corrected chi connectivity index (χ2v) is 9.57. The number of aryl methyl sites for hydroxylation is 1. The Balaban J connectivity index is 1.34. The maximum Gasteiger partial charge on any atom is 0.129 e. The van der Waals surface area contributed by atoms with E-state index in [0.717, 1.165) is 82.2 Å². The average molecular weight is 488 g/mol. The van der Waals surface area contributed by atoms with Gasteiger partial charge in [0.25, 0.3) is 0 Å². The van der Waals surface area contributed by atoms with Gasteiger partial charge in [-0.1, -0.05) is 12.6 Å². The Morgan fingerprint density at radius 1 is 0.865 bits per heavy atom. The molecule has 37 heavy (non-hydrogen) atoms. The lowest BCUT2D eigenvalue weighted by molar-refractivity contribution is 0.312. The van der Waals surface area contributed by atoms with Crippen molar-refractivity contribution in [2.75, 3.05) is 38.1 Å². The molecule has 0 spiro atoms. The summed E-state index contributed by atoms with van der Waals surface area (Å²) in [6, 6.07) is 14.6. The average Bonchev–Trinajstić information content (AvgIpc) is 3.37. The predicted molar refractivity (Wildman–Crippen MR) is 148 cm³/mol. The van der Waals surface area contributed by atoms with Crippen LogP contribution in [0.1, 0.15) is 16.8 Å². The summed E-state index contributed by atoms with van der Waals surface area (Å²) in [5.74, 6) is 1.01. The van der Waals surface area contributed by atoms with Gasteiger partial charge in [-0.15, -0.1) is 0 Å². The van der Waals surface area contributed by atoms with E-state index in [1.54, 1.807) is 6.20 Å². The van der Waals surface area contributed by atoms with Crippen LogP contribution in [0.15, 0.2) is 86.2 Å². The maximum atomic E-state index is 4.74. The van der Waals surface area contributed by atoms with E-state index in [-0.39, 0.29) is 0 Å². The van der Waals surface area contributed by atoms with E-state index in [0.29, 0.717) is 0 Å². The molecule has 0 amide bonds. The van der Waals surface area contributed by atoms with Gasteiger partial charge in [-0.25, -0.2) is 9.50 Å². The van der Waals surface area contributed by atoms with Crippen molar-refractivity contribution in [3.8, 4) is 22.3 Å². The number of hydrogen-bond donors (Lipinski definition) is 0. The molecule has 6 rings (SSSR count). The Morgan fingerprint density at radius 3 is 2.54 bits per heavy atom. The van der Waals surface area contributed by atoms with Gasteiger partial charge < -0.3 is 9.80 Å². The van der Waals surface area contributed by atoms with Crippen LogP contribution in [0.2, 0.25) is 0 Å². The first kappa shape index (κ1) is 23.1. The zero-order valence-electron chi connectivity index (χ0n) is 21.2. The molecule has 5 aromatic rings. The summed E-state index contributed by atoms with van der Waals surface area (Å²) in [7, 11) is 2.16. The SMILES string of the molecule is C=C(c1ccn2ncc(-c3cccnc3)c2c1)c1cc(-c2ccnc(N3CCN(C)CC3)c2)cnc1C. The van der Waals surface area contributed by atoms with Crippen LogP contribution >= 0.6 is 0 Å². The van der Waals surface area contributed by atoms with Gasteiger partial charge in [-0.05, 0) is 67.1 Å². The van der Waals surface area contributed by atoms with Gasteiger partial charge in [0.2, 0.25) is 0 Å². The number of fused-ring (bicyclic) bond motifs is 1. The molecule has 7 heteroatoms. The quantitative estimate of drug-likeness (QED) is 0.349. The van der Waals surface area contributed by atoms with Gasteiger partial charge in [-0.2, -0.15) is 5.10 Å². The largest absolute Gasteiger partial charge is 0.354 e. The van der Waals surface area contributed by atoms with Crippen molar-refractivity contribution in [2.24, 2.45) is 0 Å². The van der Waals surface area contributed by atoms with Crippen LogP contribution in [-0.4, -0.2) is 62.7 Å². The fourth-order valence-electron chi connectivity index (χ4n) is 4.87. The van der Waals surface area contributed by atoms with Crippen molar-refractivity contribution in [1.29, 1.82) is 0 Å². The van der Waals surface area contributed by atoms with Crippen LogP contribution in [-0.2, 0) is 0 Å². The van der Waals surface area contributed by atoms with Crippen molar-refractivity contribution >= 4 is 16.9 Å². The second-order valence-electron chi connectivity index (χ2n) is 9.57. The highest BCUT2D eigenvalue weighted by Crippen LogP contribution is 2.32. The molecule has 0 radical (unpaired) electrons. The van der Waals surface area contributed by atoms with Crippen molar-refractivity contribution in [3.05, 3.63) is 103 Å². The van der Waals surface area contributed by atoms with E-state index in [1.807, 2.05) is 54.6 Å². The molecule has 1 saturated heterocycles. The molecule has 1 fully saturated rings. The van der Waals surface area contributed by atoms with Crippen molar-refractivity contribution in [1.82, 2.24) is 29.5 Å². The number of anilines is 1. The summed E-state index contributed by atoms with van der Waals surface area (Å²) in [6.07, 6.45) is 11.3. The van der Waals surface area contributed by atoms with E-state index < -0.39 is 0 Å². The monoisotopic (exact) mass is 487 g/mol. The molecule has 7 nitrogen and oxygen atoms in total. The molecule has 1 aliphatic heterocycles. The Morgan fingerprint density at radius 2 is 1.73 bits per heavy atom. The van der Waals surface area contributed by atoms with E-state index in [9.17, 15) is 0 Å². The lowest BCUT2D eigenvalue weighted by Crippen LogP contribution is -2.44. The smallest absolute Gasteiger partial charge is 0.129 e. The number of piperazine rings is 1. The maximum absolute atomic E-state index is 4.74. The standard InChI is InChI=1S/C30H29N7/c1-21(23-7-10-37-29(16-23)28(20-34-37)25-5-4-8-31-18-25)27-15-26(19-33-22(27)2)24-6-9-32-30(17-24)36-13-11-35(3)12-14-36/h4-10,15-20H,1,11-14H2,2-3H3. The molecule has 5 aromatic heterocycles. The van der Waals surface area contributed by atoms with Gasteiger partial charge in [0.1, 0.15) is 5.82 Å². The lowest BCUT2D eigenvalue weighted by atomic mass is 9.95. The minimum atomic E-state index is 0.932. The zero-order valence-corrected chi connectivity index (χ0v) is 21.2. The Labute approximate surface area is 216 Å². The lowest BCUT2D eigenvalue weighted by Gasteiger charge is -2.33. The number of likely N-dealkylation sites (N-methyl/N-ethyl adjacent to an activating group) is 1. The van der Waals surface area contributed by atoms with Crippen LogP contribution in [0, 0.1) is 6.92 Å². The van der Waals surface area contributed by atoms with E-state index in [4.69, 9.17) is 4.98 Å². The third-order valence-corrected chi connectivity index (χ3v) is 7.16. The fourth-order valence-corrected chi connectivity index (χ4v) is 4.87. The minimum Gasteiger partial charge on any atom is -0.354 e. The molecule has 0 atom stereocenters. The highest BCUT2D eigenvalue weighted by atomic mass is 15.3. The summed E-state index contributed by atoms with van der Waals surface area (Å²) in [4.78, 5) is 18.4. The summed E-state index contributed by atoms with van der Waals surface area (Å²) in [6.45, 7) is 10.6. The highest BCUT2D eigenvalue weighted by molar-refractivity contribution is 5.86. The van der Waals surface area contributed by atoms with E-state index in [2.05, 4.69) is 68.8 Å². The Kier molecular flexibility index (Phi) is 5.98. The fraction of sp³-hybridized carbons (Fsp3) is 0.200.